The van der Waals surface area contributed by atoms with Crippen molar-refractivity contribution in [2.75, 3.05) is 16.8 Å². The molecule has 2 aromatic rings. The van der Waals surface area contributed by atoms with Crippen molar-refractivity contribution in [3.8, 4) is 0 Å². The van der Waals surface area contributed by atoms with Gasteiger partial charge in [-0.05, 0) is 43.3 Å². The highest BCUT2D eigenvalue weighted by Crippen LogP contribution is 2.32. The van der Waals surface area contributed by atoms with E-state index in [1.165, 1.54) is 12.1 Å². The largest absolute Gasteiger partial charge is 0.462 e. The number of rotatable bonds is 5. The van der Waals surface area contributed by atoms with Crippen molar-refractivity contribution in [3.05, 3.63) is 69.6 Å². The normalized spacial score (nSPS) is 13.9. The van der Waals surface area contributed by atoms with Gasteiger partial charge >= 0.3 is 5.97 Å². The van der Waals surface area contributed by atoms with Gasteiger partial charge in [0, 0.05) is 5.69 Å². The number of carbonyl (C=O) groups excluding carboxylic acids is 3. The lowest BCUT2D eigenvalue weighted by Gasteiger charge is -2.15. The predicted molar refractivity (Wildman–Crippen MR) is 103 cm³/mol. The summed E-state index contributed by atoms with van der Waals surface area (Å²) in [5.41, 5.74) is 0.533. The quantitative estimate of drug-likeness (QED) is 0.579. The topological polar surface area (TPSA) is 75.7 Å². The predicted octanol–water partition coefficient (Wildman–Crippen LogP) is 4.09. The maximum Gasteiger partial charge on any atom is 0.338 e. The van der Waals surface area contributed by atoms with Crippen LogP contribution in [0, 0.1) is 5.82 Å². The van der Waals surface area contributed by atoms with Crippen molar-refractivity contribution < 1.29 is 23.5 Å². The highest BCUT2D eigenvalue weighted by molar-refractivity contribution is 6.53. The molecular formula is C19H13Cl2FN2O4. The monoisotopic (exact) mass is 422 g/mol. The standard InChI is InChI=1S/C19H13Cl2FN2O4/c1-2-28-19(27)10-4-3-5-11(8-10)23-16-15(21)17(25)24(18(16)26)12-6-7-14(22)13(20)9-12/h3-9,23H,2H2,1H3. The van der Waals surface area contributed by atoms with Gasteiger partial charge < -0.3 is 10.1 Å². The number of nitrogens with zero attached hydrogens (tertiary/aromatic N) is 1. The van der Waals surface area contributed by atoms with Gasteiger partial charge in [0.1, 0.15) is 16.5 Å². The van der Waals surface area contributed by atoms with Crippen LogP contribution in [0.2, 0.25) is 5.02 Å². The lowest BCUT2D eigenvalue weighted by atomic mass is 10.2. The number of halogens is 3. The summed E-state index contributed by atoms with van der Waals surface area (Å²) in [7, 11) is 0. The Kier molecular flexibility index (Phi) is 5.67. The van der Waals surface area contributed by atoms with Crippen LogP contribution in [0.5, 0.6) is 0 Å². The van der Waals surface area contributed by atoms with Gasteiger partial charge in [-0.1, -0.05) is 29.3 Å². The Morgan fingerprint density at radius 1 is 1.14 bits per heavy atom. The van der Waals surface area contributed by atoms with Crippen LogP contribution < -0.4 is 10.2 Å². The summed E-state index contributed by atoms with van der Waals surface area (Å²) in [6.45, 7) is 1.90. The van der Waals surface area contributed by atoms with E-state index in [0.717, 1.165) is 17.0 Å². The van der Waals surface area contributed by atoms with Crippen LogP contribution in [0.3, 0.4) is 0 Å². The summed E-state index contributed by atoms with van der Waals surface area (Å²) in [4.78, 5) is 37.8. The van der Waals surface area contributed by atoms with Crippen molar-refractivity contribution in [2.45, 2.75) is 6.92 Å². The molecule has 2 aromatic carbocycles. The molecule has 6 nitrogen and oxygen atoms in total. The minimum absolute atomic E-state index is 0.0802. The zero-order valence-electron chi connectivity index (χ0n) is 14.5. The molecule has 2 amide bonds. The Balaban J connectivity index is 1.88. The molecule has 28 heavy (non-hydrogen) atoms. The fraction of sp³-hybridized carbons (Fsp3) is 0.105. The molecule has 0 fully saturated rings. The molecule has 144 valence electrons. The van der Waals surface area contributed by atoms with Crippen LogP contribution in [0.1, 0.15) is 17.3 Å². The van der Waals surface area contributed by atoms with E-state index in [1.807, 2.05) is 0 Å². The third-order valence-electron chi connectivity index (χ3n) is 3.83. The molecule has 9 heteroatoms. The summed E-state index contributed by atoms with van der Waals surface area (Å²) >= 11 is 11.8. The van der Waals surface area contributed by atoms with Crippen molar-refractivity contribution >= 4 is 52.4 Å². The summed E-state index contributed by atoms with van der Waals surface area (Å²) in [6.07, 6.45) is 0. The number of carbonyl (C=O) groups is 3. The molecule has 0 saturated carbocycles. The van der Waals surface area contributed by atoms with Crippen LogP contribution >= 0.6 is 23.2 Å². The SMILES string of the molecule is CCOC(=O)c1cccc(NC2=C(Cl)C(=O)N(c3ccc(F)c(Cl)c3)C2=O)c1. The van der Waals surface area contributed by atoms with E-state index in [0.29, 0.717) is 5.69 Å². The molecule has 1 heterocycles. The van der Waals surface area contributed by atoms with Gasteiger partial charge in [0.25, 0.3) is 11.8 Å². The van der Waals surface area contributed by atoms with Crippen molar-refractivity contribution in [3.63, 3.8) is 0 Å². The van der Waals surface area contributed by atoms with Gasteiger partial charge in [-0.3, -0.25) is 9.59 Å². The lowest BCUT2D eigenvalue weighted by Crippen LogP contribution is -2.32. The van der Waals surface area contributed by atoms with E-state index in [9.17, 15) is 18.8 Å². The first-order valence-electron chi connectivity index (χ1n) is 8.11. The smallest absolute Gasteiger partial charge is 0.338 e. The number of benzene rings is 2. The van der Waals surface area contributed by atoms with Gasteiger partial charge in [-0.15, -0.1) is 0 Å². The average Bonchev–Trinajstić information content (AvgIpc) is 2.88. The second kappa shape index (κ2) is 8.00. The first-order chi connectivity index (χ1) is 13.3. The van der Waals surface area contributed by atoms with E-state index in [4.69, 9.17) is 27.9 Å². The molecule has 3 rings (SSSR count). The van der Waals surface area contributed by atoms with Crippen LogP contribution in [-0.2, 0) is 14.3 Å². The van der Waals surface area contributed by atoms with E-state index >= 15 is 0 Å². The highest BCUT2D eigenvalue weighted by atomic mass is 35.5. The molecule has 0 spiro atoms. The Hall–Kier alpha value is -2.90. The summed E-state index contributed by atoms with van der Waals surface area (Å²) in [6, 6.07) is 9.63. The van der Waals surface area contributed by atoms with Crippen LogP contribution in [0.25, 0.3) is 0 Å². The number of amides is 2. The number of nitrogens with one attached hydrogen (secondary N) is 1. The number of esters is 1. The van der Waals surface area contributed by atoms with Gasteiger partial charge in [-0.2, -0.15) is 0 Å². The molecule has 1 aliphatic heterocycles. The molecule has 0 bridgehead atoms. The van der Waals surface area contributed by atoms with Gasteiger partial charge in [0.05, 0.1) is 22.9 Å². The number of imide groups is 1. The summed E-state index contributed by atoms with van der Waals surface area (Å²) < 4.78 is 18.3. The molecule has 0 atom stereocenters. The first-order valence-corrected chi connectivity index (χ1v) is 8.87. The van der Waals surface area contributed by atoms with Gasteiger partial charge in [-0.25, -0.2) is 14.1 Å². The third kappa shape index (κ3) is 3.72. The van der Waals surface area contributed by atoms with Crippen LogP contribution in [0.15, 0.2) is 53.2 Å². The Morgan fingerprint density at radius 2 is 1.89 bits per heavy atom. The maximum absolute atomic E-state index is 13.4. The van der Waals surface area contributed by atoms with Crippen molar-refractivity contribution in [1.82, 2.24) is 0 Å². The molecule has 0 unspecified atom stereocenters. The van der Waals surface area contributed by atoms with Gasteiger partial charge in [0.15, 0.2) is 0 Å². The van der Waals surface area contributed by atoms with Crippen molar-refractivity contribution in [2.24, 2.45) is 0 Å². The summed E-state index contributed by atoms with van der Waals surface area (Å²) in [5.74, 6) is -2.72. The zero-order chi connectivity index (χ0) is 20.4. The fourth-order valence-electron chi connectivity index (χ4n) is 2.55. The molecule has 0 saturated heterocycles. The van der Waals surface area contributed by atoms with E-state index < -0.39 is 23.6 Å². The number of hydrogen-bond donors (Lipinski definition) is 1. The molecule has 0 aliphatic carbocycles. The Bertz CT molecular complexity index is 1020. The molecule has 1 N–H and O–H groups in total. The van der Waals surface area contributed by atoms with Gasteiger partial charge in [0.2, 0.25) is 0 Å². The molecule has 0 radical (unpaired) electrons. The average molecular weight is 423 g/mol. The van der Waals surface area contributed by atoms with Crippen LogP contribution in [-0.4, -0.2) is 24.4 Å². The first kappa shape index (κ1) is 19.9. The van der Waals surface area contributed by atoms with Crippen molar-refractivity contribution in [1.29, 1.82) is 0 Å². The second-order valence-electron chi connectivity index (χ2n) is 5.66. The Morgan fingerprint density at radius 3 is 2.57 bits per heavy atom. The Labute approximate surface area is 169 Å². The lowest BCUT2D eigenvalue weighted by molar-refractivity contribution is -0.120. The van der Waals surface area contributed by atoms with Crippen LogP contribution in [0.4, 0.5) is 15.8 Å². The molecule has 1 aliphatic rings. The van der Waals surface area contributed by atoms with E-state index in [1.54, 1.807) is 25.1 Å². The number of hydrogen-bond acceptors (Lipinski definition) is 5. The zero-order valence-corrected chi connectivity index (χ0v) is 16.0. The maximum atomic E-state index is 13.4. The van der Waals surface area contributed by atoms with E-state index in [-0.39, 0.29) is 33.6 Å². The molecule has 0 aromatic heterocycles. The minimum Gasteiger partial charge on any atom is -0.462 e. The second-order valence-corrected chi connectivity index (χ2v) is 6.44. The van der Waals surface area contributed by atoms with E-state index in [2.05, 4.69) is 5.32 Å². The minimum atomic E-state index is -0.779. The summed E-state index contributed by atoms with van der Waals surface area (Å²) in [5, 5.41) is 2.18. The fourth-order valence-corrected chi connectivity index (χ4v) is 2.94. The molecular weight excluding hydrogens is 410 g/mol. The number of anilines is 2. The highest BCUT2D eigenvalue weighted by Gasteiger charge is 2.39. The third-order valence-corrected chi connectivity index (χ3v) is 4.47. The number of ether oxygens (including phenoxy) is 1.